The molecule has 1 aliphatic heterocycles. The molecule has 3 aromatic rings. The van der Waals surface area contributed by atoms with Crippen molar-refractivity contribution in [3.05, 3.63) is 65.0 Å². The summed E-state index contributed by atoms with van der Waals surface area (Å²) in [6.07, 6.45) is 1.70. The number of aromatic nitrogens is 3. The van der Waals surface area contributed by atoms with Crippen LogP contribution >= 0.6 is 0 Å². The summed E-state index contributed by atoms with van der Waals surface area (Å²) < 4.78 is 6.98. The first kappa shape index (κ1) is 19.8. The number of benzene rings is 1. The molecule has 0 radical (unpaired) electrons. The van der Waals surface area contributed by atoms with Gasteiger partial charge in [0.2, 0.25) is 5.78 Å². The van der Waals surface area contributed by atoms with Gasteiger partial charge in [-0.05, 0) is 23.8 Å². The zero-order valence-electron chi connectivity index (χ0n) is 16.7. The minimum Gasteiger partial charge on any atom is -0.378 e. The predicted octanol–water partition coefficient (Wildman–Crippen LogP) is 1.88. The number of ether oxygens (including phenoxy) is 1. The smallest absolute Gasteiger partial charge is 0.211 e. The lowest BCUT2D eigenvalue weighted by atomic mass is 9.96. The fourth-order valence-electron chi connectivity index (χ4n) is 3.48. The van der Waals surface area contributed by atoms with Crippen LogP contribution in [-0.2, 0) is 18.3 Å². The van der Waals surface area contributed by atoms with Gasteiger partial charge in [-0.25, -0.2) is 0 Å². The molecule has 0 bridgehead atoms. The lowest BCUT2D eigenvalue weighted by molar-refractivity contribution is 0.103. The van der Waals surface area contributed by atoms with Crippen molar-refractivity contribution in [3.63, 3.8) is 0 Å². The van der Waals surface area contributed by atoms with E-state index < -0.39 is 0 Å². The highest BCUT2D eigenvalue weighted by Crippen LogP contribution is 2.27. The maximum Gasteiger partial charge on any atom is 0.211 e. The van der Waals surface area contributed by atoms with Crippen molar-refractivity contribution >= 4 is 11.6 Å². The summed E-state index contributed by atoms with van der Waals surface area (Å²) in [4.78, 5) is 20.0. The minimum absolute atomic E-state index is 0.207. The van der Waals surface area contributed by atoms with E-state index in [1.807, 2.05) is 12.1 Å². The Balaban J connectivity index is 1.74. The lowest BCUT2D eigenvalue weighted by Crippen LogP contribution is -2.36. The molecule has 4 rings (SSSR count). The second kappa shape index (κ2) is 8.45. The fourth-order valence-corrected chi connectivity index (χ4v) is 3.48. The van der Waals surface area contributed by atoms with Crippen molar-refractivity contribution in [2.24, 2.45) is 12.8 Å². The van der Waals surface area contributed by atoms with Gasteiger partial charge in [0.25, 0.3) is 0 Å². The Morgan fingerprint density at radius 2 is 2.03 bits per heavy atom. The highest BCUT2D eigenvalue weighted by molar-refractivity contribution is 6.12. The maximum absolute atomic E-state index is 13.5. The van der Waals surface area contributed by atoms with Gasteiger partial charge in [-0.3, -0.25) is 14.5 Å². The third-order valence-corrected chi connectivity index (χ3v) is 5.16. The van der Waals surface area contributed by atoms with Gasteiger partial charge >= 0.3 is 0 Å². The van der Waals surface area contributed by atoms with Crippen LogP contribution in [0.15, 0.2) is 42.6 Å². The van der Waals surface area contributed by atoms with Gasteiger partial charge in [0.1, 0.15) is 5.69 Å². The number of aryl methyl sites for hydroxylation is 1. The quantitative estimate of drug-likeness (QED) is 0.649. The number of hydrogen-bond donors (Lipinski definition) is 1. The van der Waals surface area contributed by atoms with Crippen molar-refractivity contribution in [1.29, 1.82) is 5.26 Å². The number of carbonyl (C=O) groups is 1. The van der Waals surface area contributed by atoms with Crippen molar-refractivity contribution in [2.45, 2.75) is 6.54 Å². The molecule has 3 heterocycles. The third-order valence-electron chi connectivity index (χ3n) is 5.16. The van der Waals surface area contributed by atoms with E-state index in [1.54, 1.807) is 42.2 Å². The van der Waals surface area contributed by atoms with Gasteiger partial charge in [0.05, 0.1) is 30.5 Å². The Kier molecular flexibility index (Phi) is 5.57. The first-order chi connectivity index (χ1) is 14.6. The predicted molar refractivity (Wildman–Crippen MR) is 112 cm³/mol. The molecule has 2 aromatic heterocycles. The van der Waals surface area contributed by atoms with Crippen molar-refractivity contribution < 1.29 is 9.53 Å². The minimum atomic E-state index is -0.207. The second-order valence-corrected chi connectivity index (χ2v) is 7.07. The zero-order valence-corrected chi connectivity index (χ0v) is 16.7. The third kappa shape index (κ3) is 3.81. The van der Waals surface area contributed by atoms with Crippen LogP contribution in [0.3, 0.4) is 0 Å². The first-order valence-corrected chi connectivity index (χ1v) is 9.71. The van der Waals surface area contributed by atoms with E-state index in [9.17, 15) is 10.1 Å². The molecule has 8 heteroatoms. The van der Waals surface area contributed by atoms with Crippen LogP contribution in [0.5, 0.6) is 0 Å². The molecule has 0 aliphatic carbocycles. The van der Waals surface area contributed by atoms with E-state index in [0.29, 0.717) is 47.8 Å². The van der Waals surface area contributed by atoms with Gasteiger partial charge in [-0.2, -0.15) is 10.4 Å². The summed E-state index contributed by atoms with van der Waals surface area (Å²) in [7, 11) is 1.75. The number of ketones is 1. The van der Waals surface area contributed by atoms with Crippen molar-refractivity contribution in [3.8, 4) is 17.3 Å². The molecule has 152 valence electrons. The average molecular weight is 402 g/mol. The Bertz CT molecular complexity index is 1110. The van der Waals surface area contributed by atoms with Gasteiger partial charge < -0.3 is 15.4 Å². The molecule has 2 N–H and O–H groups in total. The SMILES string of the molecule is Cn1nc(N2CCOCC2)cc1C(=O)c1cc(C#N)ccc1-c1ccc(CN)cn1. The summed E-state index contributed by atoms with van der Waals surface area (Å²) in [6.45, 7) is 3.14. The second-order valence-electron chi connectivity index (χ2n) is 7.07. The lowest BCUT2D eigenvalue weighted by Gasteiger charge is -2.26. The van der Waals surface area contributed by atoms with Crippen LogP contribution in [0.4, 0.5) is 5.82 Å². The number of anilines is 1. The summed E-state index contributed by atoms with van der Waals surface area (Å²) in [6, 6.07) is 12.7. The number of nitriles is 1. The topological polar surface area (TPSA) is 110 Å². The molecule has 0 unspecified atom stereocenters. The van der Waals surface area contributed by atoms with E-state index in [0.717, 1.165) is 24.5 Å². The van der Waals surface area contributed by atoms with E-state index in [4.69, 9.17) is 10.5 Å². The van der Waals surface area contributed by atoms with Crippen molar-refractivity contribution in [1.82, 2.24) is 14.8 Å². The van der Waals surface area contributed by atoms with Crippen LogP contribution < -0.4 is 10.6 Å². The monoisotopic (exact) mass is 402 g/mol. The van der Waals surface area contributed by atoms with Crippen LogP contribution in [0.25, 0.3) is 11.3 Å². The number of morpholine rings is 1. The molecule has 30 heavy (non-hydrogen) atoms. The van der Waals surface area contributed by atoms with E-state index in [-0.39, 0.29) is 5.78 Å². The number of rotatable bonds is 5. The fraction of sp³-hybridized carbons (Fsp3) is 0.273. The number of pyridine rings is 1. The van der Waals surface area contributed by atoms with E-state index in [2.05, 4.69) is 21.1 Å². The van der Waals surface area contributed by atoms with E-state index >= 15 is 0 Å². The molecular formula is C22H22N6O2. The Morgan fingerprint density at radius 3 is 2.70 bits per heavy atom. The molecule has 1 fully saturated rings. The summed E-state index contributed by atoms with van der Waals surface area (Å²) in [5, 5.41) is 13.9. The molecule has 0 saturated carbocycles. The highest BCUT2D eigenvalue weighted by atomic mass is 16.5. The largest absolute Gasteiger partial charge is 0.378 e. The summed E-state index contributed by atoms with van der Waals surface area (Å²) in [5.74, 6) is 0.536. The summed E-state index contributed by atoms with van der Waals surface area (Å²) >= 11 is 0. The van der Waals surface area contributed by atoms with Gasteiger partial charge in [0, 0.05) is 50.1 Å². The van der Waals surface area contributed by atoms with Crippen LogP contribution in [0.2, 0.25) is 0 Å². The van der Waals surface area contributed by atoms with Gasteiger partial charge in [-0.15, -0.1) is 0 Å². The molecule has 0 amide bonds. The molecule has 8 nitrogen and oxygen atoms in total. The van der Waals surface area contributed by atoms with Crippen LogP contribution in [0.1, 0.15) is 27.2 Å². The van der Waals surface area contributed by atoms with E-state index in [1.165, 1.54) is 0 Å². The molecule has 1 aliphatic rings. The molecule has 1 aromatic carbocycles. The number of carbonyl (C=O) groups excluding carboxylic acids is 1. The van der Waals surface area contributed by atoms with Gasteiger partial charge in [0.15, 0.2) is 5.82 Å². The average Bonchev–Trinajstić information content (AvgIpc) is 3.20. The molecule has 0 atom stereocenters. The zero-order chi connectivity index (χ0) is 21.1. The number of nitrogens with two attached hydrogens (primary N) is 1. The number of hydrogen-bond acceptors (Lipinski definition) is 7. The highest BCUT2D eigenvalue weighted by Gasteiger charge is 2.23. The maximum atomic E-state index is 13.5. The molecular weight excluding hydrogens is 380 g/mol. The standard InChI is InChI=1S/C22H22N6O2/c1-27-20(11-21(26-27)28-6-8-30-9-7-28)22(29)18-10-15(12-23)2-4-17(18)19-5-3-16(13-24)14-25-19/h2-5,10-11,14H,6-9,13,24H2,1H3. The number of nitrogens with zero attached hydrogens (tertiary/aromatic N) is 5. The Morgan fingerprint density at radius 1 is 1.23 bits per heavy atom. The first-order valence-electron chi connectivity index (χ1n) is 9.71. The summed E-state index contributed by atoms with van der Waals surface area (Å²) in [5.41, 5.74) is 9.16. The van der Waals surface area contributed by atoms with Crippen LogP contribution in [-0.4, -0.2) is 46.9 Å². The molecule has 0 spiro atoms. The van der Waals surface area contributed by atoms with Crippen LogP contribution in [0, 0.1) is 11.3 Å². The molecule has 1 saturated heterocycles. The Hall–Kier alpha value is -3.54. The van der Waals surface area contributed by atoms with Gasteiger partial charge in [-0.1, -0.05) is 12.1 Å². The van der Waals surface area contributed by atoms with Crippen molar-refractivity contribution in [2.75, 3.05) is 31.2 Å². The Labute approximate surface area is 174 Å². The normalized spacial score (nSPS) is 13.8.